The van der Waals surface area contributed by atoms with Gasteiger partial charge in [0, 0.05) is 0 Å². The van der Waals surface area contributed by atoms with Gasteiger partial charge >= 0.3 is 0 Å². The van der Waals surface area contributed by atoms with E-state index in [0.29, 0.717) is 0 Å². The molecule has 0 radical (unpaired) electrons. The molecule has 1 atom stereocenters. The van der Waals surface area contributed by atoms with E-state index in [1.807, 2.05) is 13.0 Å². The molecule has 0 fully saturated rings. The molecule has 1 aromatic heterocycles. The Kier molecular flexibility index (Phi) is 4.66. The van der Waals surface area contributed by atoms with E-state index in [9.17, 15) is 0 Å². The van der Waals surface area contributed by atoms with Crippen molar-refractivity contribution >= 4 is 15.9 Å². The molecule has 0 aliphatic heterocycles. The van der Waals surface area contributed by atoms with E-state index in [2.05, 4.69) is 46.4 Å². The molecule has 0 spiro atoms. The van der Waals surface area contributed by atoms with Gasteiger partial charge in [0.2, 0.25) is 0 Å². The van der Waals surface area contributed by atoms with Crippen LogP contribution in [-0.4, -0.2) is 13.7 Å². The van der Waals surface area contributed by atoms with Gasteiger partial charge in [0.1, 0.15) is 11.5 Å². The molecule has 0 saturated heterocycles. The van der Waals surface area contributed by atoms with Crippen LogP contribution < -0.4 is 10.1 Å². The van der Waals surface area contributed by atoms with Gasteiger partial charge in [-0.25, -0.2) is 0 Å². The molecular formula is C15H18BrNO2. The quantitative estimate of drug-likeness (QED) is 0.901. The van der Waals surface area contributed by atoms with E-state index in [0.717, 1.165) is 33.7 Å². The fourth-order valence-corrected chi connectivity index (χ4v) is 2.52. The SMILES string of the molecule is CCNC(c1ccc(C)c(OC)c1)c1occc1Br. The average Bonchev–Trinajstić information content (AvgIpc) is 2.83. The van der Waals surface area contributed by atoms with Crippen LogP contribution in [0.3, 0.4) is 0 Å². The molecule has 1 unspecified atom stereocenters. The van der Waals surface area contributed by atoms with Crippen molar-refractivity contribution in [2.24, 2.45) is 0 Å². The topological polar surface area (TPSA) is 34.4 Å². The first-order valence-electron chi connectivity index (χ1n) is 6.28. The summed E-state index contributed by atoms with van der Waals surface area (Å²) in [5, 5.41) is 3.43. The van der Waals surface area contributed by atoms with Crippen LogP contribution in [0.25, 0.3) is 0 Å². The standard InChI is InChI=1S/C15H18BrNO2/c1-4-17-14(15-12(16)7-8-19-15)11-6-5-10(2)13(9-11)18-3/h5-9,14,17H,4H2,1-3H3. The van der Waals surface area contributed by atoms with Gasteiger partial charge in [0.25, 0.3) is 0 Å². The molecule has 0 aliphatic carbocycles. The highest BCUT2D eigenvalue weighted by Crippen LogP contribution is 2.32. The molecule has 1 heterocycles. The first kappa shape index (κ1) is 14.2. The molecule has 0 amide bonds. The number of ether oxygens (including phenoxy) is 1. The highest BCUT2D eigenvalue weighted by Gasteiger charge is 2.20. The van der Waals surface area contributed by atoms with Crippen LogP contribution in [0.4, 0.5) is 0 Å². The van der Waals surface area contributed by atoms with Crippen molar-refractivity contribution < 1.29 is 9.15 Å². The van der Waals surface area contributed by atoms with Gasteiger partial charge in [-0.15, -0.1) is 0 Å². The van der Waals surface area contributed by atoms with Gasteiger partial charge in [0.05, 0.1) is 23.9 Å². The summed E-state index contributed by atoms with van der Waals surface area (Å²) in [6.45, 7) is 4.97. The molecule has 2 rings (SSSR count). The van der Waals surface area contributed by atoms with Gasteiger partial charge in [-0.1, -0.05) is 19.1 Å². The van der Waals surface area contributed by atoms with E-state index in [1.54, 1.807) is 13.4 Å². The van der Waals surface area contributed by atoms with Crippen molar-refractivity contribution in [2.75, 3.05) is 13.7 Å². The zero-order valence-electron chi connectivity index (χ0n) is 11.4. The smallest absolute Gasteiger partial charge is 0.139 e. The highest BCUT2D eigenvalue weighted by molar-refractivity contribution is 9.10. The third-order valence-corrected chi connectivity index (χ3v) is 3.74. The first-order valence-corrected chi connectivity index (χ1v) is 7.07. The number of nitrogens with one attached hydrogen (secondary N) is 1. The minimum Gasteiger partial charge on any atom is -0.496 e. The molecule has 102 valence electrons. The molecule has 0 bridgehead atoms. The predicted octanol–water partition coefficient (Wildman–Crippen LogP) is 4.06. The minimum absolute atomic E-state index is 0.0175. The van der Waals surface area contributed by atoms with E-state index in [4.69, 9.17) is 9.15 Å². The number of aryl methyl sites for hydroxylation is 1. The largest absolute Gasteiger partial charge is 0.496 e. The van der Waals surface area contributed by atoms with Crippen LogP contribution in [0, 0.1) is 6.92 Å². The van der Waals surface area contributed by atoms with Crippen molar-refractivity contribution in [1.29, 1.82) is 0 Å². The number of rotatable bonds is 5. The lowest BCUT2D eigenvalue weighted by atomic mass is 10.0. The van der Waals surface area contributed by atoms with Crippen molar-refractivity contribution in [2.45, 2.75) is 19.9 Å². The Morgan fingerprint density at radius 1 is 1.37 bits per heavy atom. The second-order valence-electron chi connectivity index (χ2n) is 4.35. The summed E-state index contributed by atoms with van der Waals surface area (Å²) in [5.74, 6) is 1.77. The van der Waals surface area contributed by atoms with Crippen LogP contribution in [0.2, 0.25) is 0 Å². The molecule has 4 heteroatoms. The molecule has 3 nitrogen and oxygen atoms in total. The number of hydrogen-bond acceptors (Lipinski definition) is 3. The maximum Gasteiger partial charge on any atom is 0.139 e. The third kappa shape index (κ3) is 3.01. The van der Waals surface area contributed by atoms with Crippen LogP contribution in [0.5, 0.6) is 5.75 Å². The summed E-state index contributed by atoms with van der Waals surface area (Å²) in [5.41, 5.74) is 2.25. The normalized spacial score (nSPS) is 12.4. The Morgan fingerprint density at radius 3 is 2.74 bits per heavy atom. The Bertz CT molecular complexity index is 551. The van der Waals surface area contributed by atoms with E-state index in [-0.39, 0.29) is 6.04 Å². The number of hydrogen-bond donors (Lipinski definition) is 1. The van der Waals surface area contributed by atoms with Crippen LogP contribution in [-0.2, 0) is 0 Å². The lowest BCUT2D eigenvalue weighted by molar-refractivity contribution is 0.408. The van der Waals surface area contributed by atoms with E-state index >= 15 is 0 Å². The first-order chi connectivity index (χ1) is 9.17. The Hall–Kier alpha value is -1.26. The Morgan fingerprint density at radius 2 is 2.16 bits per heavy atom. The fraction of sp³-hybridized carbons (Fsp3) is 0.333. The maximum atomic E-state index is 5.59. The molecule has 0 saturated carbocycles. The molecule has 1 aromatic carbocycles. The number of furan rings is 1. The second kappa shape index (κ2) is 6.26. The molecular weight excluding hydrogens is 306 g/mol. The average molecular weight is 324 g/mol. The molecule has 19 heavy (non-hydrogen) atoms. The van der Waals surface area contributed by atoms with Crippen molar-refractivity contribution in [1.82, 2.24) is 5.32 Å². The van der Waals surface area contributed by atoms with Crippen molar-refractivity contribution in [3.8, 4) is 5.75 Å². The summed E-state index contributed by atoms with van der Waals surface area (Å²) < 4.78 is 11.9. The van der Waals surface area contributed by atoms with E-state index in [1.165, 1.54) is 0 Å². The lowest BCUT2D eigenvalue weighted by Crippen LogP contribution is -2.22. The van der Waals surface area contributed by atoms with Gasteiger partial charge < -0.3 is 14.5 Å². The zero-order chi connectivity index (χ0) is 13.8. The highest BCUT2D eigenvalue weighted by atomic mass is 79.9. The van der Waals surface area contributed by atoms with Gasteiger partial charge in [-0.3, -0.25) is 0 Å². The summed E-state index contributed by atoms with van der Waals surface area (Å²) in [4.78, 5) is 0. The summed E-state index contributed by atoms with van der Waals surface area (Å²) in [6, 6.07) is 8.14. The minimum atomic E-state index is 0.0175. The van der Waals surface area contributed by atoms with Crippen LogP contribution >= 0.6 is 15.9 Å². The lowest BCUT2D eigenvalue weighted by Gasteiger charge is -2.18. The predicted molar refractivity (Wildman–Crippen MR) is 79.7 cm³/mol. The summed E-state index contributed by atoms with van der Waals surface area (Å²) in [6.07, 6.45) is 1.69. The molecule has 1 N–H and O–H groups in total. The number of methoxy groups -OCH3 is 1. The van der Waals surface area contributed by atoms with Crippen LogP contribution in [0.1, 0.15) is 29.9 Å². The maximum absolute atomic E-state index is 5.59. The number of halogens is 1. The van der Waals surface area contributed by atoms with Gasteiger partial charge in [-0.05, 0) is 52.7 Å². The van der Waals surface area contributed by atoms with Crippen molar-refractivity contribution in [3.63, 3.8) is 0 Å². The van der Waals surface area contributed by atoms with Crippen LogP contribution in [0.15, 0.2) is 39.4 Å². The zero-order valence-corrected chi connectivity index (χ0v) is 13.0. The fourth-order valence-electron chi connectivity index (χ4n) is 2.09. The Labute approximate surface area is 122 Å². The monoisotopic (exact) mass is 323 g/mol. The van der Waals surface area contributed by atoms with Gasteiger partial charge in [-0.2, -0.15) is 0 Å². The van der Waals surface area contributed by atoms with Gasteiger partial charge in [0.15, 0.2) is 0 Å². The van der Waals surface area contributed by atoms with Crippen molar-refractivity contribution in [3.05, 3.63) is 51.9 Å². The van der Waals surface area contributed by atoms with E-state index < -0.39 is 0 Å². The number of benzene rings is 1. The summed E-state index contributed by atoms with van der Waals surface area (Å²) >= 11 is 3.52. The summed E-state index contributed by atoms with van der Waals surface area (Å²) in [7, 11) is 1.69. The Balaban J connectivity index is 2.42. The molecule has 0 aliphatic rings. The molecule has 2 aromatic rings. The third-order valence-electron chi connectivity index (χ3n) is 3.08. The second-order valence-corrected chi connectivity index (χ2v) is 5.21.